The number of hydrogen-bond donors (Lipinski definition) is 3. The smallest absolute Gasteiger partial charge is 0.320 e. The van der Waals surface area contributed by atoms with Crippen molar-refractivity contribution in [3.05, 3.63) is 0 Å². The second-order valence-electron chi connectivity index (χ2n) is 0.854. The Morgan fingerprint density at radius 1 is 1.22 bits per heavy atom. The van der Waals surface area contributed by atoms with Gasteiger partial charge in [-0.05, 0) is 0 Å². The van der Waals surface area contributed by atoms with Gasteiger partial charge in [0.2, 0.25) is 0 Å². The third-order valence-corrected chi connectivity index (χ3v) is 0.246. The zero-order chi connectivity index (χ0) is 7.86. The van der Waals surface area contributed by atoms with E-state index < -0.39 is 12.1 Å². The van der Waals surface area contributed by atoms with Gasteiger partial charge < -0.3 is 11.5 Å². The number of primary amides is 2. The third-order valence-electron chi connectivity index (χ3n) is 0.246. The molecular formula is C3H6N4O2. The number of urea groups is 2. The number of imide groups is 1. The van der Waals surface area contributed by atoms with Gasteiger partial charge in [-0.2, -0.15) is 0 Å². The zero-order valence-corrected chi connectivity index (χ0v) is 4.50. The maximum Gasteiger partial charge on any atom is 0.320 e. The molecule has 0 heterocycles. The van der Waals surface area contributed by atoms with Crippen LogP contribution in [0.25, 0.3) is 0 Å². The maximum absolute atomic E-state index is 9.62. The normalized spacial score (nSPS) is 6.00. The van der Waals surface area contributed by atoms with Crippen LogP contribution in [0.1, 0.15) is 0 Å². The number of amides is 4. The number of carbonyl (C=O) groups excluding carboxylic acids is 2. The predicted octanol–water partition coefficient (Wildman–Crippen LogP) is -1.13. The van der Waals surface area contributed by atoms with Crippen LogP contribution in [0.3, 0.4) is 0 Å². The average Bonchev–Trinajstić information content (AvgIpc) is 1.68. The fraction of sp³-hybridized carbons (Fsp3) is 0. The molecule has 0 rings (SSSR count). The van der Waals surface area contributed by atoms with Crippen molar-refractivity contribution >= 4 is 12.1 Å². The van der Waals surface area contributed by atoms with E-state index >= 15 is 0 Å². The Balaban J connectivity index is 0. The summed E-state index contributed by atoms with van der Waals surface area (Å²) in [5, 5.41) is 8.08. The first-order valence-electron chi connectivity index (χ1n) is 1.74. The van der Waals surface area contributed by atoms with E-state index in [1.54, 1.807) is 5.32 Å². The van der Waals surface area contributed by atoms with E-state index in [2.05, 4.69) is 18.0 Å². The summed E-state index contributed by atoms with van der Waals surface area (Å²) in [5.74, 6) is 0. The molecule has 0 saturated heterocycles. The summed E-state index contributed by atoms with van der Waals surface area (Å²) < 4.78 is 0. The summed E-state index contributed by atoms with van der Waals surface area (Å²) in [4.78, 5) is 19.2. The Kier molecular flexibility index (Phi) is 7.10. The minimum absolute atomic E-state index is 0.937. The highest BCUT2D eigenvalue weighted by molar-refractivity contribution is 5.91. The lowest BCUT2D eigenvalue weighted by Crippen LogP contribution is -2.38. The molecule has 0 saturated carbocycles. The first kappa shape index (κ1) is 10.3. The quantitative estimate of drug-likeness (QED) is 0.384. The average molecular weight is 130 g/mol. The van der Waals surface area contributed by atoms with E-state index in [0.717, 1.165) is 0 Å². The van der Waals surface area contributed by atoms with Crippen molar-refractivity contribution in [2.75, 3.05) is 0 Å². The van der Waals surface area contributed by atoms with Gasteiger partial charge in [0.15, 0.2) is 0 Å². The zero-order valence-electron chi connectivity index (χ0n) is 4.50. The van der Waals surface area contributed by atoms with Crippen LogP contribution in [0.2, 0.25) is 0 Å². The van der Waals surface area contributed by atoms with Crippen LogP contribution in [0, 0.1) is 11.8 Å². The maximum atomic E-state index is 9.62. The summed E-state index contributed by atoms with van der Waals surface area (Å²) in [7, 11) is 0. The van der Waals surface area contributed by atoms with Gasteiger partial charge in [0.05, 0.1) is 0 Å². The van der Waals surface area contributed by atoms with Gasteiger partial charge in [-0.1, -0.05) is 0 Å². The second-order valence-corrected chi connectivity index (χ2v) is 0.854. The van der Waals surface area contributed by atoms with Gasteiger partial charge >= 0.3 is 12.1 Å². The Bertz CT molecular complexity index is 117. The van der Waals surface area contributed by atoms with Gasteiger partial charge in [0.1, 0.15) is 0 Å². The Hall–Kier alpha value is -1.77. The van der Waals surface area contributed by atoms with E-state index in [4.69, 9.17) is 5.26 Å². The molecule has 0 fully saturated rings. The molecule has 0 aliphatic heterocycles. The largest absolute Gasteiger partial charge is 0.351 e. The SMILES string of the molecule is C#N.NC(=O)NC(N)=O. The fourth-order valence-electron chi connectivity index (χ4n) is 0.121. The number of rotatable bonds is 0. The fourth-order valence-corrected chi connectivity index (χ4v) is 0.121. The lowest BCUT2D eigenvalue weighted by Gasteiger charge is -1.88. The molecule has 6 nitrogen and oxygen atoms in total. The molecule has 0 spiro atoms. The van der Waals surface area contributed by atoms with Gasteiger partial charge in [-0.25, -0.2) is 14.9 Å². The molecule has 0 aromatic carbocycles. The predicted molar refractivity (Wildman–Crippen MR) is 29.0 cm³/mol. The minimum atomic E-state index is -0.938. The van der Waals surface area contributed by atoms with Crippen LogP contribution >= 0.6 is 0 Å². The molecule has 9 heavy (non-hydrogen) atoms. The van der Waals surface area contributed by atoms with Gasteiger partial charge in [0, 0.05) is 6.57 Å². The molecule has 0 bridgehead atoms. The van der Waals surface area contributed by atoms with Crippen molar-refractivity contribution in [1.29, 1.82) is 5.26 Å². The number of carbonyl (C=O) groups is 2. The van der Waals surface area contributed by atoms with Gasteiger partial charge in [-0.15, -0.1) is 0 Å². The Morgan fingerprint density at radius 3 is 1.44 bits per heavy atom. The number of nitrogens with one attached hydrogen (secondary N) is 1. The lowest BCUT2D eigenvalue weighted by molar-refractivity contribution is 0.236. The number of nitrogens with two attached hydrogens (primary N) is 2. The number of nitriles is 1. The summed E-state index contributed by atoms with van der Waals surface area (Å²) in [6.45, 7) is 3.50. The first-order valence-corrected chi connectivity index (χ1v) is 1.74. The number of nitrogens with zero attached hydrogens (tertiary/aromatic N) is 1. The van der Waals surface area contributed by atoms with Crippen molar-refractivity contribution in [2.45, 2.75) is 0 Å². The molecule has 6 heteroatoms. The second kappa shape index (κ2) is 6.23. The summed E-state index contributed by atoms with van der Waals surface area (Å²) in [6.07, 6.45) is 0. The van der Waals surface area contributed by atoms with Crippen LogP contribution in [0.5, 0.6) is 0 Å². The molecule has 0 unspecified atom stereocenters. The number of hydrogen-bond acceptors (Lipinski definition) is 3. The van der Waals surface area contributed by atoms with Gasteiger partial charge in [-0.3, -0.25) is 5.32 Å². The first-order chi connectivity index (χ1) is 4.13. The lowest BCUT2D eigenvalue weighted by atomic mass is 10.9. The van der Waals surface area contributed by atoms with E-state index in [9.17, 15) is 9.59 Å². The molecule has 0 aliphatic rings. The van der Waals surface area contributed by atoms with Crippen LogP contribution < -0.4 is 16.8 Å². The molecule has 4 amide bonds. The van der Waals surface area contributed by atoms with E-state index in [1.807, 2.05) is 0 Å². The molecule has 50 valence electrons. The van der Waals surface area contributed by atoms with Crippen molar-refractivity contribution in [3.8, 4) is 6.57 Å². The van der Waals surface area contributed by atoms with E-state index in [-0.39, 0.29) is 0 Å². The molecule has 0 aliphatic carbocycles. The van der Waals surface area contributed by atoms with Crippen molar-refractivity contribution in [1.82, 2.24) is 5.32 Å². The topological polar surface area (TPSA) is 122 Å². The summed E-state index contributed by atoms with van der Waals surface area (Å²) in [6, 6.07) is -1.88. The Labute approximate surface area is 51.4 Å². The summed E-state index contributed by atoms with van der Waals surface area (Å²) >= 11 is 0. The van der Waals surface area contributed by atoms with Crippen LogP contribution in [-0.2, 0) is 0 Å². The van der Waals surface area contributed by atoms with Crippen LogP contribution in [0.15, 0.2) is 0 Å². The van der Waals surface area contributed by atoms with E-state index in [1.165, 1.54) is 0 Å². The van der Waals surface area contributed by atoms with Crippen LogP contribution in [-0.4, -0.2) is 12.1 Å². The molecule has 0 radical (unpaired) electrons. The molecule has 5 N–H and O–H groups in total. The molecule has 0 atom stereocenters. The minimum Gasteiger partial charge on any atom is -0.351 e. The summed E-state index contributed by atoms with van der Waals surface area (Å²) in [5.41, 5.74) is 8.88. The van der Waals surface area contributed by atoms with Crippen molar-refractivity contribution < 1.29 is 9.59 Å². The van der Waals surface area contributed by atoms with Gasteiger partial charge in [0.25, 0.3) is 0 Å². The van der Waals surface area contributed by atoms with Crippen molar-refractivity contribution in [3.63, 3.8) is 0 Å². The highest BCUT2D eigenvalue weighted by atomic mass is 16.2. The molecular weight excluding hydrogens is 124 g/mol. The highest BCUT2D eigenvalue weighted by Crippen LogP contribution is 1.51. The van der Waals surface area contributed by atoms with Crippen molar-refractivity contribution in [2.24, 2.45) is 11.5 Å². The highest BCUT2D eigenvalue weighted by Gasteiger charge is 1.92. The van der Waals surface area contributed by atoms with Crippen LogP contribution in [0.4, 0.5) is 9.59 Å². The Morgan fingerprint density at radius 2 is 1.44 bits per heavy atom. The molecule has 0 aromatic heterocycles. The van der Waals surface area contributed by atoms with E-state index in [0.29, 0.717) is 0 Å². The standard InChI is InChI=1S/C2H5N3O2.CHN/c3-1(6)5-2(4)7;1-2/h(H5,3,4,5,6,7);1H. The molecule has 0 aromatic rings. The third kappa shape index (κ3) is 22.4. The monoisotopic (exact) mass is 130 g/mol.